The smallest absolute Gasteiger partial charge is 0.323 e. The maximum atomic E-state index is 12.7. The number of nitrogen functional groups attached to an aromatic ring is 1. The largest absolute Gasteiger partial charge is 0.399 e. The molecule has 0 aliphatic carbocycles. The summed E-state index contributed by atoms with van der Waals surface area (Å²) in [5, 5.41) is 0. The van der Waals surface area contributed by atoms with Gasteiger partial charge in [-0.3, -0.25) is 14.4 Å². The quantitative estimate of drug-likeness (QED) is 0.662. The second-order valence-electron chi connectivity index (χ2n) is 6.75. The van der Waals surface area contributed by atoms with E-state index in [1.807, 2.05) is 27.7 Å². The molecule has 132 valence electrons. The predicted molar refractivity (Wildman–Crippen MR) is 95.3 cm³/mol. The Balaban J connectivity index is 3.09. The van der Waals surface area contributed by atoms with Crippen LogP contribution in [-0.2, 0) is 14.4 Å². The summed E-state index contributed by atoms with van der Waals surface area (Å²) >= 11 is 0. The van der Waals surface area contributed by atoms with E-state index in [1.165, 1.54) is 11.8 Å². The zero-order valence-corrected chi connectivity index (χ0v) is 15.1. The average Bonchev–Trinajstić information content (AvgIpc) is 2.46. The Bertz CT molecular complexity index is 584. The van der Waals surface area contributed by atoms with Crippen molar-refractivity contribution in [1.29, 1.82) is 0 Å². The third-order valence-electron chi connectivity index (χ3n) is 3.31. The molecule has 0 bridgehead atoms. The molecule has 0 fully saturated rings. The van der Waals surface area contributed by atoms with Crippen LogP contribution < -0.4 is 10.6 Å². The molecule has 0 aromatic heterocycles. The molecule has 0 aliphatic heterocycles. The first-order valence-electron chi connectivity index (χ1n) is 8.13. The summed E-state index contributed by atoms with van der Waals surface area (Å²) in [6.45, 7) is 10.1. The highest BCUT2D eigenvalue weighted by atomic mass is 16.2. The lowest BCUT2D eigenvalue weighted by Gasteiger charge is -2.28. The van der Waals surface area contributed by atoms with Crippen LogP contribution in [0.1, 0.15) is 34.6 Å². The molecule has 3 amide bonds. The second kappa shape index (κ2) is 8.47. The van der Waals surface area contributed by atoms with Gasteiger partial charge >= 0.3 is 11.8 Å². The maximum absolute atomic E-state index is 12.7. The molecular formula is C18H27N3O3. The minimum atomic E-state index is -0.839. The molecule has 6 heteroatoms. The Labute approximate surface area is 143 Å². The SMILES string of the molecule is CC(=O)N(C(=O)C(=O)N(CC(C)C)CC(C)C)c1ccc(N)cc1. The molecule has 1 aromatic carbocycles. The van der Waals surface area contributed by atoms with Crippen LogP contribution in [0.3, 0.4) is 0 Å². The number of rotatable bonds is 5. The zero-order chi connectivity index (χ0) is 18.4. The lowest BCUT2D eigenvalue weighted by molar-refractivity contribution is -0.146. The van der Waals surface area contributed by atoms with E-state index in [2.05, 4.69) is 0 Å². The van der Waals surface area contributed by atoms with Crippen molar-refractivity contribution < 1.29 is 14.4 Å². The lowest BCUT2D eigenvalue weighted by atomic mass is 10.1. The van der Waals surface area contributed by atoms with Crippen molar-refractivity contribution in [3.63, 3.8) is 0 Å². The van der Waals surface area contributed by atoms with Crippen molar-refractivity contribution in [2.75, 3.05) is 23.7 Å². The van der Waals surface area contributed by atoms with Gasteiger partial charge in [0.2, 0.25) is 5.91 Å². The number of nitrogens with zero attached hydrogens (tertiary/aromatic N) is 2. The Kier molecular flexibility index (Phi) is 6.95. The monoisotopic (exact) mass is 333 g/mol. The molecule has 0 radical (unpaired) electrons. The summed E-state index contributed by atoms with van der Waals surface area (Å²) in [5.74, 6) is -1.56. The topological polar surface area (TPSA) is 83.7 Å². The van der Waals surface area contributed by atoms with Crippen molar-refractivity contribution in [3.05, 3.63) is 24.3 Å². The minimum absolute atomic E-state index is 0.225. The first-order valence-corrected chi connectivity index (χ1v) is 8.13. The van der Waals surface area contributed by atoms with Gasteiger partial charge in [-0.25, -0.2) is 4.90 Å². The maximum Gasteiger partial charge on any atom is 0.323 e. The van der Waals surface area contributed by atoms with Crippen molar-refractivity contribution >= 4 is 29.1 Å². The van der Waals surface area contributed by atoms with Crippen molar-refractivity contribution in [2.24, 2.45) is 11.8 Å². The van der Waals surface area contributed by atoms with Crippen LogP contribution in [0.4, 0.5) is 11.4 Å². The van der Waals surface area contributed by atoms with Crippen LogP contribution in [0.5, 0.6) is 0 Å². The zero-order valence-electron chi connectivity index (χ0n) is 15.1. The fourth-order valence-electron chi connectivity index (χ4n) is 2.42. The number of anilines is 2. The second-order valence-corrected chi connectivity index (χ2v) is 6.75. The molecular weight excluding hydrogens is 306 g/mol. The Morgan fingerprint density at radius 2 is 1.38 bits per heavy atom. The van der Waals surface area contributed by atoms with Crippen molar-refractivity contribution in [2.45, 2.75) is 34.6 Å². The van der Waals surface area contributed by atoms with Gasteiger partial charge in [-0.2, -0.15) is 0 Å². The van der Waals surface area contributed by atoms with Crippen LogP contribution in [0.15, 0.2) is 24.3 Å². The molecule has 0 aliphatic rings. The van der Waals surface area contributed by atoms with Crippen LogP contribution in [0.25, 0.3) is 0 Å². The highest BCUT2D eigenvalue weighted by molar-refractivity contribution is 6.45. The number of hydrogen-bond acceptors (Lipinski definition) is 4. The first kappa shape index (κ1) is 19.7. The van der Waals surface area contributed by atoms with Crippen molar-refractivity contribution in [3.8, 4) is 0 Å². The number of hydrogen-bond donors (Lipinski definition) is 1. The van der Waals surface area contributed by atoms with Gasteiger partial charge in [0.1, 0.15) is 0 Å². The molecule has 0 heterocycles. The van der Waals surface area contributed by atoms with Crippen LogP contribution in [0.2, 0.25) is 0 Å². The molecule has 0 spiro atoms. The number of amides is 3. The van der Waals surface area contributed by atoms with E-state index >= 15 is 0 Å². The molecule has 1 aromatic rings. The van der Waals surface area contributed by atoms with Gasteiger partial charge in [-0.1, -0.05) is 27.7 Å². The molecule has 0 unspecified atom stereocenters. The summed E-state index contributed by atoms with van der Waals surface area (Å²) in [6, 6.07) is 6.28. The highest BCUT2D eigenvalue weighted by Crippen LogP contribution is 2.18. The van der Waals surface area contributed by atoms with E-state index in [4.69, 9.17) is 5.73 Å². The summed E-state index contributed by atoms with van der Waals surface area (Å²) in [7, 11) is 0. The number of carbonyl (C=O) groups is 3. The van der Waals surface area contributed by atoms with Gasteiger partial charge in [-0.15, -0.1) is 0 Å². The van der Waals surface area contributed by atoms with E-state index in [0.29, 0.717) is 24.5 Å². The third kappa shape index (κ3) is 5.37. The van der Waals surface area contributed by atoms with Gasteiger partial charge < -0.3 is 10.6 Å². The van der Waals surface area contributed by atoms with E-state index in [-0.39, 0.29) is 11.8 Å². The standard InChI is InChI=1S/C18H27N3O3/c1-12(2)10-20(11-13(3)4)17(23)18(24)21(14(5)22)16-8-6-15(19)7-9-16/h6-9,12-13H,10-11,19H2,1-5H3. The molecule has 1 rings (SSSR count). The highest BCUT2D eigenvalue weighted by Gasteiger charge is 2.31. The van der Waals surface area contributed by atoms with E-state index in [1.54, 1.807) is 24.3 Å². The van der Waals surface area contributed by atoms with Crippen molar-refractivity contribution in [1.82, 2.24) is 4.90 Å². The number of nitrogens with two attached hydrogens (primary N) is 1. The molecule has 2 N–H and O–H groups in total. The van der Waals surface area contributed by atoms with E-state index < -0.39 is 17.7 Å². The predicted octanol–water partition coefficient (Wildman–Crippen LogP) is 2.29. The Morgan fingerprint density at radius 3 is 1.75 bits per heavy atom. The number of imide groups is 1. The normalized spacial score (nSPS) is 10.8. The molecule has 0 saturated heterocycles. The van der Waals surface area contributed by atoms with Gasteiger partial charge in [0.05, 0.1) is 5.69 Å². The van der Waals surface area contributed by atoms with E-state index in [9.17, 15) is 14.4 Å². The van der Waals surface area contributed by atoms with Crippen LogP contribution in [-0.4, -0.2) is 35.7 Å². The van der Waals surface area contributed by atoms with Gasteiger partial charge in [-0.05, 0) is 36.1 Å². The molecule has 6 nitrogen and oxygen atoms in total. The Hall–Kier alpha value is -2.37. The molecule has 0 atom stereocenters. The third-order valence-corrected chi connectivity index (χ3v) is 3.31. The number of carbonyl (C=O) groups excluding carboxylic acids is 3. The van der Waals surface area contributed by atoms with Crippen LogP contribution in [0, 0.1) is 11.8 Å². The van der Waals surface area contributed by atoms with E-state index in [0.717, 1.165) is 4.90 Å². The summed E-state index contributed by atoms with van der Waals surface area (Å²) in [5.41, 5.74) is 6.49. The number of benzene rings is 1. The first-order chi connectivity index (χ1) is 11.1. The van der Waals surface area contributed by atoms with Gasteiger partial charge in [0.25, 0.3) is 0 Å². The summed E-state index contributed by atoms with van der Waals surface area (Å²) in [6.07, 6.45) is 0. The lowest BCUT2D eigenvalue weighted by Crippen LogP contribution is -2.49. The van der Waals surface area contributed by atoms with Crippen LogP contribution >= 0.6 is 0 Å². The summed E-state index contributed by atoms with van der Waals surface area (Å²) in [4.78, 5) is 39.7. The fraction of sp³-hybridized carbons (Fsp3) is 0.500. The van der Waals surface area contributed by atoms with Gasteiger partial charge in [0.15, 0.2) is 0 Å². The molecule has 24 heavy (non-hydrogen) atoms. The molecule has 0 saturated carbocycles. The average molecular weight is 333 g/mol. The minimum Gasteiger partial charge on any atom is -0.399 e. The fourth-order valence-corrected chi connectivity index (χ4v) is 2.42. The van der Waals surface area contributed by atoms with Gasteiger partial charge in [0, 0.05) is 25.7 Å². The Morgan fingerprint density at radius 1 is 0.917 bits per heavy atom. The summed E-state index contributed by atoms with van der Waals surface area (Å²) < 4.78 is 0.